The smallest absolute Gasteiger partial charge is 0.395 e. The van der Waals surface area contributed by atoms with Crippen molar-refractivity contribution in [2.24, 2.45) is 5.41 Å². The Kier molecular flexibility index (Phi) is 10.4. The number of carbonyl (C=O) groups is 1. The van der Waals surface area contributed by atoms with Gasteiger partial charge in [-0.05, 0) is 39.3 Å². The summed E-state index contributed by atoms with van der Waals surface area (Å²) in [5, 5.41) is 34.0. The molecule has 0 bridgehead atoms. The van der Waals surface area contributed by atoms with E-state index in [4.69, 9.17) is 19.5 Å². The third kappa shape index (κ3) is 7.19. The minimum atomic E-state index is -4.04. The number of rotatable bonds is 13. The number of aliphatic hydroxyl groups is 3. The van der Waals surface area contributed by atoms with Gasteiger partial charge in [-0.15, -0.1) is 0 Å². The van der Waals surface area contributed by atoms with E-state index in [2.05, 4.69) is 10.1 Å². The largest absolute Gasteiger partial charge is 0.405 e. The Bertz CT molecular complexity index is 1280. The van der Waals surface area contributed by atoms with Gasteiger partial charge in [0.05, 0.1) is 25.2 Å². The molecule has 1 aliphatic rings. The number of carbonyl (C=O) groups excluding carboxylic acids is 1. The summed E-state index contributed by atoms with van der Waals surface area (Å²) in [5.74, 6) is 0.121. The summed E-state index contributed by atoms with van der Waals surface area (Å²) in [6.45, 7) is 5.13. The van der Waals surface area contributed by atoms with Crippen LogP contribution in [0.1, 0.15) is 33.3 Å². The lowest BCUT2D eigenvalue weighted by atomic mass is 9.88. The van der Waals surface area contributed by atoms with E-state index in [1.54, 1.807) is 13.8 Å². The zero-order chi connectivity index (χ0) is 29.8. The first kappa shape index (κ1) is 32.4. The zero-order valence-corrected chi connectivity index (χ0v) is 24.6. The van der Waals surface area contributed by atoms with Crippen molar-refractivity contribution < 1.29 is 38.5 Å². The number of hydrogen-bond donors (Lipinski definition) is 5. The van der Waals surface area contributed by atoms with Crippen molar-refractivity contribution >= 4 is 30.4 Å². The molecule has 2 aromatic rings. The molecule has 0 aliphatic carbocycles. The van der Waals surface area contributed by atoms with E-state index in [0.29, 0.717) is 0 Å². The highest BCUT2D eigenvalue weighted by molar-refractivity contribution is 8.13. The summed E-state index contributed by atoms with van der Waals surface area (Å²) in [4.78, 5) is 28.4. The summed E-state index contributed by atoms with van der Waals surface area (Å²) in [6, 6.07) is 10.4. The van der Waals surface area contributed by atoms with Gasteiger partial charge in [0, 0.05) is 18.5 Å². The van der Waals surface area contributed by atoms with Gasteiger partial charge in [0.2, 0.25) is 0 Å². The van der Waals surface area contributed by atoms with E-state index in [9.17, 15) is 29.5 Å². The van der Waals surface area contributed by atoms with Crippen LogP contribution in [-0.4, -0.2) is 73.4 Å². The van der Waals surface area contributed by atoms with Crippen molar-refractivity contribution in [3.05, 3.63) is 58.6 Å². The number of nitrogens with zero attached hydrogens (tertiary/aromatic N) is 2. The van der Waals surface area contributed by atoms with Crippen LogP contribution in [0.3, 0.4) is 0 Å². The van der Waals surface area contributed by atoms with Crippen LogP contribution in [0.4, 0.5) is 5.82 Å². The lowest BCUT2D eigenvalue weighted by Gasteiger charge is -2.37. The molecule has 5 atom stereocenters. The second kappa shape index (κ2) is 12.8. The Balaban J connectivity index is 1.73. The van der Waals surface area contributed by atoms with E-state index in [0.717, 1.165) is 21.9 Å². The SMILES string of the molecule is CC(C)(CO)C(=O)SCCOP(=O)(NCc1ccccc1)OCC1O[C@](C)(n2ccc(N)nc2=O)C(C)(O)C1O. The fourth-order valence-corrected chi connectivity index (χ4v) is 6.16. The molecule has 6 N–H and O–H groups in total. The molecule has 1 fully saturated rings. The summed E-state index contributed by atoms with van der Waals surface area (Å²) in [5.41, 5.74) is 0.887. The highest BCUT2D eigenvalue weighted by atomic mass is 32.2. The van der Waals surface area contributed by atoms with Crippen LogP contribution in [0.25, 0.3) is 0 Å². The third-order valence-electron chi connectivity index (χ3n) is 6.79. The Morgan fingerprint density at radius 1 is 1.27 bits per heavy atom. The van der Waals surface area contributed by atoms with Crippen molar-refractivity contribution in [3.63, 3.8) is 0 Å². The van der Waals surface area contributed by atoms with E-state index in [-0.39, 0.29) is 36.4 Å². The van der Waals surface area contributed by atoms with Crippen LogP contribution in [0.2, 0.25) is 0 Å². The molecular formula is C25H37N4O9PS. The number of nitrogens with one attached hydrogen (secondary N) is 1. The monoisotopic (exact) mass is 600 g/mol. The minimum absolute atomic E-state index is 0.0229. The molecule has 222 valence electrons. The Morgan fingerprint density at radius 3 is 2.58 bits per heavy atom. The third-order valence-corrected chi connectivity index (χ3v) is 9.53. The van der Waals surface area contributed by atoms with Gasteiger partial charge in [-0.1, -0.05) is 42.1 Å². The van der Waals surface area contributed by atoms with Gasteiger partial charge in [0.25, 0.3) is 0 Å². The van der Waals surface area contributed by atoms with Gasteiger partial charge in [-0.2, -0.15) is 4.98 Å². The minimum Gasteiger partial charge on any atom is -0.395 e. The molecule has 1 saturated heterocycles. The predicted octanol–water partition coefficient (Wildman–Crippen LogP) is 1.22. The van der Waals surface area contributed by atoms with Gasteiger partial charge in [-0.3, -0.25) is 18.4 Å². The number of hydrogen-bond acceptors (Lipinski definition) is 12. The highest BCUT2D eigenvalue weighted by Gasteiger charge is 2.61. The molecule has 0 amide bonds. The molecule has 0 saturated carbocycles. The molecule has 3 rings (SSSR count). The zero-order valence-electron chi connectivity index (χ0n) is 22.9. The molecule has 4 unspecified atom stereocenters. The number of nitrogen functional groups attached to an aromatic ring is 1. The molecule has 2 heterocycles. The molecule has 1 aromatic heterocycles. The summed E-state index contributed by atoms with van der Waals surface area (Å²) >= 11 is 0.933. The number of anilines is 1. The van der Waals surface area contributed by atoms with Crippen LogP contribution in [0.15, 0.2) is 47.4 Å². The van der Waals surface area contributed by atoms with Crippen LogP contribution in [-0.2, 0) is 35.4 Å². The number of benzene rings is 1. The van der Waals surface area contributed by atoms with Gasteiger partial charge >= 0.3 is 13.4 Å². The molecule has 40 heavy (non-hydrogen) atoms. The van der Waals surface area contributed by atoms with E-state index >= 15 is 0 Å². The highest BCUT2D eigenvalue weighted by Crippen LogP contribution is 2.48. The average Bonchev–Trinajstić information content (AvgIpc) is 3.09. The topological polar surface area (TPSA) is 195 Å². The average molecular weight is 601 g/mol. The Hall–Kier alpha value is -2.13. The number of aromatic nitrogens is 2. The van der Waals surface area contributed by atoms with Crippen LogP contribution in [0, 0.1) is 5.41 Å². The van der Waals surface area contributed by atoms with Gasteiger partial charge in [0.15, 0.2) is 10.8 Å². The van der Waals surface area contributed by atoms with Crippen molar-refractivity contribution in [2.45, 2.75) is 57.8 Å². The van der Waals surface area contributed by atoms with Crippen molar-refractivity contribution in [1.82, 2.24) is 14.6 Å². The second-order valence-electron chi connectivity index (χ2n) is 10.4. The first-order valence-electron chi connectivity index (χ1n) is 12.6. The molecule has 1 aromatic carbocycles. The Morgan fingerprint density at radius 2 is 1.95 bits per heavy atom. The molecule has 0 radical (unpaired) electrons. The number of nitrogens with two attached hydrogens (primary N) is 1. The van der Waals surface area contributed by atoms with Crippen molar-refractivity contribution in [1.29, 1.82) is 0 Å². The van der Waals surface area contributed by atoms with E-state index in [1.807, 2.05) is 30.3 Å². The first-order valence-corrected chi connectivity index (χ1v) is 15.1. The molecular weight excluding hydrogens is 563 g/mol. The molecule has 15 heteroatoms. The van der Waals surface area contributed by atoms with Crippen LogP contribution >= 0.6 is 19.5 Å². The predicted molar refractivity (Wildman–Crippen MR) is 149 cm³/mol. The number of ether oxygens (including phenoxy) is 1. The summed E-state index contributed by atoms with van der Waals surface area (Å²) in [6.07, 6.45) is -1.48. The number of thioether (sulfide) groups is 1. The molecule has 13 nitrogen and oxygen atoms in total. The quantitative estimate of drug-likeness (QED) is 0.163. The second-order valence-corrected chi connectivity index (χ2v) is 13.3. The Labute approximate surface area is 236 Å². The number of aliphatic hydroxyl groups excluding tert-OH is 2. The lowest BCUT2D eigenvalue weighted by Crippen LogP contribution is -2.56. The fourth-order valence-electron chi connectivity index (χ4n) is 3.92. The standard InChI is InChI=1S/C25H37N4O9PS/c1-23(2,16-30)21(32)40-13-12-36-39(35,27-14-17-8-6-5-7-9-17)37-15-18-20(31)24(3,34)25(4,38-18)29-11-10-19(26)28-22(29)33/h5-11,18,20,30-31,34H,12-16H2,1-4H3,(H,27,35)(H2,26,28,33)/t18?,20?,24?,25-,39?/m0/s1. The molecule has 0 spiro atoms. The van der Waals surface area contributed by atoms with Crippen molar-refractivity contribution in [2.75, 3.05) is 31.3 Å². The fraction of sp³-hybridized carbons (Fsp3) is 0.560. The first-order chi connectivity index (χ1) is 18.6. The van der Waals surface area contributed by atoms with Crippen molar-refractivity contribution in [3.8, 4) is 0 Å². The molecule has 1 aliphatic heterocycles. The van der Waals surface area contributed by atoms with Crippen LogP contribution in [0.5, 0.6) is 0 Å². The van der Waals surface area contributed by atoms with Crippen LogP contribution < -0.4 is 16.5 Å². The van der Waals surface area contributed by atoms with Gasteiger partial charge in [-0.25, -0.2) is 14.4 Å². The van der Waals surface area contributed by atoms with E-state index in [1.165, 1.54) is 26.1 Å². The summed E-state index contributed by atoms with van der Waals surface area (Å²) < 4.78 is 31.8. The van der Waals surface area contributed by atoms with Gasteiger partial charge in [0.1, 0.15) is 23.6 Å². The lowest BCUT2D eigenvalue weighted by molar-refractivity contribution is -0.178. The maximum Gasteiger partial charge on any atom is 0.405 e. The summed E-state index contributed by atoms with van der Waals surface area (Å²) in [7, 11) is -4.04. The van der Waals surface area contributed by atoms with E-state index < -0.39 is 49.0 Å². The normalized spacial score (nSPS) is 26.5. The maximum atomic E-state index is 13.7. The maximum absolute atomic E-state index is 13.7. The van der Waals surface area contributed by atoms with Gasteiger partial charge < -0.3 is 25.8 Å².